The van der Waals surface area contributed by atoms with Crippen molar-refractivity contribution in [3.8, 4) is 0 Å². The van der Waals surface area contributed by atoms with Crippen molar-refractivity contribution in [2.45, 2.75) is 32.2 Å². The predicted octanol–water partition coefficient (Wildman–Crippen LogP) is 3.36. The maximum Gasteiger partial charge on any atom is 0.339 e. The zero-order chi connectivity index (χ0) is 15.0. The fourth-order valence-corrected chi connectivity index (χ4v) is 2.84. The Balaban J connectivity index is 1.82. The van der Waals surface area contributed by atoms with E-state index in [1.807, 2.05) is 31.2 Å². The Hall–Kier alpha value is -2.36. The molecule has 3 rings (SSSR count). The number of rotatable bonds is 4. The van der Waals surface area contributed by atoms with Crippen LogP contribution in [0.5, 0.6) is 0 Å². The van der Waals surface area contributed by atoms with Crippen molar-refractivity contribution < 1.29 is 9.90 Å². The summed E-state index contributed by atoms with van der Waals surface area (Å²) in [5.74, 6) is -0.471. The standard InChI is InChI=1S/C17H18N2O2/c1-10-8-15(16(17(20)21)11(2)18-10)19-14-9-13(14)12-6-4-3-5-7-12/h3-8,13-14H,9H2,1-2H3,(H,18,19)(H,20,21). The lowest BCUT2D eigenvalue weighted by molar-refractivity contribution is 0.0696. The molecule has 1 aromatic heterocycles. The molecule has 0 saturated heterocycles. The molecule has 1 aliphatic carbocycles. The third kappa shape index (κ3) is 2.75. The Labute approximate surface area is 123 Å². The number of anilines is 1. The normalized spacial score (nSPS) is 20.1. The van der Waals surface area contributed by atoms with Gasteiger partial charge in [-0.2, -0.15) is 0 Å². The summed E-state index contributed by atoms with van der Waals surface area (Å²) in [7, 11) is 0. The summed E-state index contributed by atoms with van der Waals surface area (Å²) in [5, 5.41) is 12.7. The second kappa shape index (κ2) is 5.20. The highest BCUT2D eigenvalue weighted by molar-refractivity contribution is 5.95. The molecule has 4 heteroatoms. The molecule has 1 heterocycles. The summed E-state index contributed by atoms with van der Waals surface area (Å²) in [5.41, 5.74) is 3.64. The summed E-state index contributed by atoms with van der Waals surface area (Å²) >= 11 is 0. The summed E-state index contributed by atoms with van der Waals surface area (Å²) in [4.78, 5) is 15.7. The lowest BCUT2D eigenvalue weighted by atomic mass is 10.1. The van der Waals surface area contributed by atoms with E-state index in [4.69, 9.17) is 0 Å². The van der Waals surface area contributed by atoms with Crippen LogP contribution < -0.4 is 5.32 Å². The molecule has 21 heavy (non-hydrogen) atoms. The van der Waals surface area contributed by atoms with Gasteiger partial charge in [-0.15, -0.1) is 0 Å². The van der Waals surface area contributed by atoms with E-state index in [-0.39, 0.29) is 5.56 Å². The quantitative estimate of drug-likeness (QED) is 0.902. The van der Waals surface area contributed by atoms with Crippen LogP contribution in [0, 0.1) is 13.8 Å². The highest BCUT2D eigenvalue weighted by Gasteiger charge is 2.38. The molecular weight excluding hydrogens is 264 g/mol. The van der Waals surface area contributed by atoms with Gasteiger partial charge in [0.25, 0.3) is 0 Å². The van der Waals surface area contributed by atoms with Gasteiger partial charge in [-0.25, -0.2) is 4.79 Å². The van der Waals surface area contributed by atoms with Crippen LogP contribution in [0.1, 0.15) is 39.6 Å². The number of pyridine rings is 1. The summed E-state index contributed by atoms with van der Waals surface area (Å²) in [6, 6.07) is 12.4. The third-order valence-electron chi connectivity index (χ3n) is 3.90. The Morgan fingerprint density at radius 3 is 2.67 bits per heavy atom. The predicted molar refractivity (Wildman–Crippen MR) is 81.9 cm³/mol. The van der Waals surface area contributed by atoms with Crippen LogP contribution in [0.4, 0.5) is 5.69 Å². The number of benzene rings is 1. The number of carboxylic acid groups (broad SMARTS) is 1. The van der Waals surface area contributed by atoms with E-state index in [2.05, 4.69) is 22.4 Å². The van der Waals surface area contributed by atoms with Crippen molar-refractivity contribution in [3.63, 3.8) is 0 Å². The van der Waals surface area contributed by atoms with Crippen molar-refractivity contribution in [2.24, 2.45) is 0 Å². The van der Waals surface area contributed by atoms with Gasteiger partial charge >= 0.3 is 5.97 Å². The van der Waals surface area contributed by atoms with E-state index in [0.717, 1.165) is 12.1 Å². The van der Waals surface area contributed by atoms with Crippen LogP contribution >= 0.6 is 0 Å². The molecule has 0 bridgehead atoms. The van der Waals surface area contributed by atoms with Crippen LogP contribution in [0.25, 0.3) is 0 Å². The maximum absolute atomic E-state index is 11.4. The third-order valence-corrected chi connectivity index (χ3v) is 3.90. The summed E-state index contributed by atoms with van der Waals surface area (Å²) < 4.78 is 0. The van der Waals surface area contributed by atoms with Gasteiger partial charge < -0.3 is 10.4 Å². The molecule has 0 aliphatic heterocycles. The van der Waals surface area contributed by atoms with E-state index in [9.17, 15) is 9.90 Å². The molecule has 0 amide bonds. The molecule has 1 aromatic carbocycles. The van der Waals surface area contributed by atoms with Gasteiger partial charge in [0.1, 0.15) is 5.56 Å². The van der Waals surface area contributed by atoms with Gasteiger partial charge in [0.15, 0.2) is 0 Å². The largest absolute Gasteiger partial charge is 0.478 e. The smallest absolute Gasteiger partial charge is 0.339 e. The van der Waals surface area contributed by atoms with Crippen molar-refractivity contribution in [2.75, 3.05) is 5.32 Å². The highest BCUT2D eigenvalue weighted by Crippen LogP contribution is 2.43. The van der Waals surface area contributed by atoms with E-state index >= 15 is 0 Å². The molecule has 2 atom stereocenters. The summed E-state index contributed by atoms with van der Waals surface area (Å²) in [6.45, 7) is 3.62. The fourth-order valence-electron chi connectivity index (χ4n) is 2.84. The van der Waals surface area contributed by atoms with Gasteiger partial charge in [0, 0.05) is 17.7 Å². The zero-order valence-electron chi connectivity index (χ0n) is 12.1. The van der Waals surface area contributed by atoms with Gasteiger partial charge in [-0.3, -0.25) is 4.98 Å². The number of carboxylic acids is 1. The molecule has 108 valence electrons. The first-order chi connectivity index (χ1) is 10.1. The molecule has 2 N–H and O–H groups in total. The number of aryl methyl sites for hydroxylation is 2. The van der Waals surface area contributed by atoms with Gasteiger partial charge in [-0.1, -0.05) is 30.3 Å². The average Bonchev–Trinajstić information content (AvgIpc) is 3.17. The van der Waals surface area contributed by atoms with Crippen molar-refractivity contribution in [1.29, 1.82) is 0 Å². The Morgan fingerprint density at radius 1 is 1.29 bits per heavy atom. The van der Waals surface area contributed by atoms with Gasteiger partial charge in [0.2, 0.25) is 0 Å². The van der Waals surface area contributed by atoms with E-state index in [0.29, 0.717) is 23.3 Å². The zero-order valence-corrected chi connectivity index (χ0v) is 12.1. The van der Waals surface area contributed by atoms with Crippen molar-refractivity contribution >= 4 is 11.7 Å². The number of nitrogens with one attached hydrogen (secondary N) is 1. The number of hydrogen-bond donors (Lipinski definition) is 2. The number of hydrogen-bond acceptors (Lipinski definition) is 3. The Morgan fingerprint density at radius 2 is 2.00 bits per heavy atom. The first-order valence-electron chi connectivity index (χ1n) is 7.09. The van der Waals surface area contributed by atoms with Gasteiger partial charge in [0.05, 0.1) is 11.4 Å². The van der Waals surface area contributed by atoms with Gasteiger partial charge in [-0.05, 0) is 31.9 Å². The SMILES string of the molecule is Cc1cc(NC2CC2c2ccccc2)c(C(=O)O)c(C)n1. The molecule has 4 nitrogen and oxygen atoms in total. The minimum absolute atomic E-state index is 0.277. The molecular formula is C17H18N2O2. The second-order valence-electron chi connectivity index (χ2n) is 5.58. The lowest BCUT2D eigenvalue weighted by Gasteiger charge is -2.12. The number of aromatic nitrogens is 1. The van der Waals surface area contributed by atoms with E-state index in [1.54, 1.807) is 6.92 Å². The average molecular weight is 282 g/mol. The minimum Gasteiger partial charge on any atom is -0.478 e. The second-order valence-corrected chi connectivity index (χ2v) is 5.58. The lowest BCUT2D eigenvalue weighted by Crippen LogP contribution is -2.12. The monoisotopic (exact) mass is 282 g/mol. The maximum atomic E-state index is 11.4. The van der Waals surface area contributed by atoms with Crippen LogP contribution in [0.15, 0.2) is 36.4 Å². The van der Waals surface area contributed by atoms with E-state index < -0.39 is 5.97 Å². The topological polar surface area (TPSA) is 62.2 Å². The minimum atomic E-state index is -0.931. The first-order valence-corrected chi connectivity index (χ1v) is 7.09. The molecule has 1 aliphatic rings. The van der Waals surface area contributed by atoms with Crippen LogP contribution in [-0.4, -0.2) is 22.1 Å². The Bertz CT molecular complexity index is 683. The molecule has 1 fully saturated rings. The molecule has 2 aromatic rings. The van der Waals surface area contributed by atoms with E-state index in [1.165, 1.54) is 5.56 Å². The number of nitrogens with zero attached hydrogens (tertiary/aromatic N) is 1. The highest BCUT2D eigenvalue weighted by atomic mass is 16.4. The number of carbonyl (C=O) groups is 1. The molecule has 1 saturated carbocycles. The number of aromatic carboxylic acids is 1. The molecule has 0 spiro atoms. The van der Waals surface area contributed by atoms with Crippen LogP contribution in [-0.2, 0) is 0 Å². The first kappa shape index (κ1) is 13.6. The summed E-state index contributed by atoms with van der Waals surface area (Å²) in [6.07, 6.45) is 1.03. The molecule has 2 unspecified atom stereocenters. The van der Waals surface area contributed by atoms with Crippen molar-refractivity contribution in [3.05, 3.63) is 58.9 Å². The Kier molecular flexibility index (Phi) is 3.37. The fraction of sp³-hybridized carbons (Fsp3) is 0.294. The molecule has 0 radical (unpaired) electrons. The van der Waals surface area contributed by atoms with Crippen molar-refractivity contribution in [1.82, 2.24) is 4.98 Å². The van der Waals surface area contributed by atoms with Crippen LogP contribution in [0.3, 0.4) is 0 Å². The van der Waals surface area contributed by atoms with Crippen LogP contribution in [0.2, 0.25) is 0 Å².